The van der Waals surface area contributed by atoms with E-state index in [0.717, 1.165) is 5.56 Å². The molecule has 0 atom stereocenters. The molecule has 0 bridgehead atoms. The highest BCUT2D eigenvalue weighted by atomic mass is 16.5. The summed E-state index contributed by atoms with van der Waals surface area (Å²) in [6.45, 7) is 0.343. The molecule has 0 saturated heterocycles. The molecule has 4 nitrogen and oxygen atoms in total. The second-order valence-electron chi connectivity index (χ2n) is 3.90. The van der Waals surface area contributed by atoms with Gasteiger partial charge in [0.25, 0.3) is 0 Å². The standard InChI is InChI=1S/C13H13BO4/c15-12-3-1-2-10(8-12)9-18-13-6-4-11(5-7-13)14(16)17/h1-8,15-17H,9H2. The molecule has 2 aromatic carbocycles. The van der Waals surface area contributed by atoms with Crippen LogP contribution in [-0.2, 0) is 6.61 Å². The van der Waals surface area contributed by atoms with Crippen molar-refractivity contribution < 1.29 is 19.9 Å². The SMILES string of the molecule is OB(O)c1ccc(OCc2cccc(O)c2)cc1. The van der Waals surface area contributed by atoms with Gasteiger partial charge in [0.1, 0.15) is 18.1 Å². The van der Waals surface area contributed by atoms with Crippen molar-refractivity contribution in [2.75, 3.05) is 0 Å². The van der Waals surface area contributed by atoms with Crippen LogP contribution in [-0.4, -0.2) is 22.3 Å². The average Bonchev–Trinajstić information content (AvgIpc) is 2.37. The summed E-state index contributed by atoms with van der Waals surface area (Å²) < 4.78 is 5.51. The lowest BCUT2D eigenvalue weighted by atomic mass is 9.80. The third-order valence-electron chi connectivity index (χ3n) is 2.49. The van der Waals surface area contributed by atoms with Crippen LogP contribution >= 0.6 is 0 Å². The molecule has 18 heavy (non-hydrogen) atoms. The first-order valence-electron chi connectivity index (χ1n) is 5.52. The van der Waals surface area contributed by atoms with Gasteiger partial charge in [-0.05, 0) is 35.3 Å². The van der Waals surface area contributed by atoms with E-state index in [1.54, 1.807) is 42.5 Å². The minimum absolute atomic E-state index is 0.204. The van der Waals surface area contributed by atoms with Gasteiger partial charge in [-0.1, -0.05) is 24.3 Å². The Morgan fingerprint density at radius 3 is 2.33 bits per heavy atom. The summed E-state index contributed by atoms with van der Waals surface area (Å²) in [5, 5.41) is 27.2. The maximum Gasteiger partial charge on any atom is 0.488 e. The zero-order valence-corrected chi connectivity index (χ0v) is 9.65. The molecular formula is C13H13BO4. The lowest BCUT2D eigenvalue weighted by molar-refractivity contribution is 0.305. The van der Waals surface area contributed by atoms with E-state index in [2.05, 4.69) is 0 Å². The molecule has 2 rings (SSSR count). The number of aromatic hydroxyl groups is 1. The van der Waals surface area contributed by atoms with Gasteiger partial charge in [0.2, 0.25) is 0 Å². The van der Waals surface area contributed by atoms with Crippen molar-refractivity contribution in [2.24, 2.45) is 0 Å². The average molecular weight is 244 g/mol. The Morgan fingerprint density at radius 1 is 1.00 bits per heavy atom. The Labute approximate surface area is 105 Å². The first-order chi connectivity index (χ1) is 8.65. The molecule has 92 valence electrons. The molecule has 0 fully saturated rings. The highest BCUT2D eigenvalue weighted by molar-refractivity contribution is 6.58. The summed E-state index contributed by atoms with van der Waals surface area (Å²) in [5.74, 6) is 0.831. The molecule has 0 spiro atoms. The van der Waals surface area contributed by atoms with Crippen molar-refractivity contribution >= 4 is 12.6 Å². The molecule has 0 aliphatic heterocycles. The number of ether oxygens (including phenoxy) is 1. The van der Waals surface area contributed by atoms with Gasteiger partial charge in [-0.25, -0.2) is 0 Å². The number of hydrogen-bond donors (Lipinski definition) is 3. The van der Waals surface area contributed by atoms with E-state index in [9.17, 15) is 5.11 Å². The first-order valence-corrected chi connectivity index (χ1v) is 5.52. The molecule has 0 aromatic heterocycles. The van der Waals surface area contributed by atoms with Gasteiger partial charge in [-0.3, -0.25) is 0 Å². The Balaban J connectivity index is 1.98. The molecule has 0 saturated carbocycles. The molecular weight excluding hydrogens is 231 g/mol. The summed E-state index contributed by atoms with van der Waals surface area (Å²) >= 11 is 0. The molecule has 0 amide bonds. The van der Waals surface area contributed by atoms with Crippen LogP contribution in [0, 0.1) is 0 Å². The summed E-state index contributed by atoms with van der Waals surface area (Å²) in [7, 11) is -1.47. The molecule has 0 unspecified atom stereocenters. The monoisotopic (exact) mass is 244 g/mol. The number of rotatable bonds is 4. The van der Waals surface area contributed by atoms with Crippen LogP contribution in [0.2, 0.25) is 0 Å². The maximum absolute atomic E-state index is 9.30. The summed E-state index contributed by atoms with van der Waals surface area (Å²) in [4.78, 5) is 0. The lowest BCUT2D eigenvalue weighted by Gasteiger charge is -2.07. The topological polar surface area (TPSA) is 69.9 Å². The predicted molar refractivity (Wildman–Crippen MR) is 68.7 cm³/mol. The molecule has 0 aliphatic carbocycles. The van der Waals surface area contributed by atoms with Crippen molar-refractivity contribution in [1.29, 1.82) is 0 Å². The van der Waals surface area contributed by atoms with E-state index >= 15 is 0 Å². The minimum atomic E-state index is -1.47. The Bertz CT molecular complexity index is 511. The van der Waals surface area contributed by atoms with Gasteiger partial charge in [0.05, 0.1) is 0 Å². The zero-order valence-electron chi connectivity index (χ0n) is 9.65. The van der Waals surface area contributed by atoms with Gasteiger partial charge in [-0.15, -0.1) is 0 Å². The molecule has 0 heterocycles. The highest BCUT2D eigenvalue weighted by Gasteiger charge is 2.09. The largest absolute Gasteiger partial charge is 0.508 e. The molecule has 5 heteroatoms. The van der Waals surface area contributed by atoms with Crippen LogP contribution in [0.15, 0.2) is 48.5 Å². The quantitative estimate of drug-likeness (QED) is 0.690. The van der Waals surface area contributed by atoms with Gasteiger partial charge >= 0.3 is 7.12 Å². The van der Waals surface area contributed by atoms with Crippen LogP contribution in [0.4, 0.5) is 0 Å². The molecule has 0 aliphatic rings. The van der Waals surface area contributed by atoms with Gasteiger partial charge in [0.15, 0.2) is 0 Å². The fourth-order valence-electron chi connectivity index (χ4n) is 1.55. The number of phenolic OH excluding ortho intramolecular Hbond substituents is 1. The Hall–Kier alpha value is -1.98. The van der Waals surface area contributed by atoms with Crippen molar-refractivity contribution in [2.45, 2.75) is 6.61 Å². The van der Waals surface area contributed by atoms with Crippen molar-refractivity contribution in [1.82, 2.24) is 0 Å². The second-order valence-corrected chi connectivity index (χ2v) is 3.90. The highest BCUT2D eigenvalue weighted by Crippen LogP contribution is 2.14. The first kappa shape index (κ1) is 12.5. The number of phenols is 1. The normalized spacial score (nSPS) is 10.1. The van der Waals surface area contributed by atoms with Crippen molar-refractivity contribution in [3.63, 3.8) is 0 Å². The van der Waals surface area contributed by atoms with Gasteiger partial charge in [-0.2, -0.15) is 0 Å². The third kappa shape index (κ3) is 3.26. The van der Waals surface area contributed by atoms with Crippen LogP contribution in [0.25, 0.3) is 0 Å². The lowest BCUT2D eigenvalue weighted by Crippen LogP contribution is -2.29. The van der Waals surface area contributed by atoms with Gasteiger partial charge < -0.3 is 19.9 Å². The predicted octanol–water partition coefficient (Wildman–Crippen LogP) is 0.651. The Kier molecular flexibility index (Phi) is 3.87. The zero-order chi connectivity index (χ0) is 13.0. The van der Waals surface area contributed by atoms with Crippen LogP contribution in [0.3, 0.4) is 0 Å². The van der Waals surface area contributed by atoms with Crippen LogP contribution in [0.5, 0.6) is 11.5 Å². The molecule has 3 N–H and O–H groups in total. The molecule has 2 aromatic rings. The summed E-state index contributed by atoms with van der Waals surface area (Å²) in [6.07, 6.45) is 0. The second kappa shape index (κ2) is 5.57. The maximum atomic E-state index is 9.30. The molecule has 0 radical (unpaired) electrons. The summed E-state index contributed by atoms with van der Waals surface area (Å²) in [6, 6.07) is 13.3. The van der Waals surface area contributed by atoms with E-state index in [1.165, 1.54) is 0 Å². The van der Waals surface area contributed by atoms with Crippen molar-refractivity contribution in [3.8, 4) is 11.5 Å². The smallest absolute Gasteiger partial charge is 0.488 e. The van der Waals surface area contributed by atoms with Crippen LogP contribution < -0.4 is 10.2 Å². The minimum Gasteiger partial charge on any atom is -0.508 e. The summed E-state index contributed by atoms with van der Waals surface area (Å²) in [5.41, 5.74) is 1.28. The van der Waals surface area contributed by atoms with E-state index < -0.39 is 7.12 Å². The fourth-order valence-corrected chi connectivity index (χ4v) is 1.55. The van der Waals surface area contributed by atoms with E-state index in [0.29, 0.717) is 17.8 Å². The third-order valence-corrected chi connectivity index (χ3v) is 2.49. The van der Waals surface area contributed by atoms with Gasteiger partial charge in [0, 0.05) is 0 Å². The van der Waals surface area contributed by atoms with Crippen LogP contribution in [0.1, 0.15) is 5.56 Å². The number of hydrogen-bond acceptors (Lipinski definition) is 4. The fraction of sp³-hybridized carbons (Fsp3) is 0.0769. The Morgan fingerprint density at radius 2 is 1.72 bits per heavy atom. The van der Waals surface area contributed by atoms with E-state index in [-0.39, 0.29) is 5.75 Å². The van der Waals surface area contributed by atoms with Crippen molar-refractivity contribution in [3.05, 3.63) is 54.1 Å². The van der Waals surface area contributed by atoms with E-state index in [1.807, 2.05) is 6.07 Å². The number of benzene rings is 2. The van der Waals surface area contributed by atoms with E-state index in [4.69, 9.17) is 14.8 Å².